The van der Waals surface area contributed by atoms with Gasteiger partial charge in [0, 0.05) is 18.8 Å². The molecule has 0 saturated carbocycles. The van der Waals surface area contributed by atoms with Gasteiger partial charge in [-0.1, -0.05) is 24.3 Å². The number of fused-ring (bicyclic) bond motifs is 2. The Kier molecular flexibility index (Phi) is 3.80. The van der Waals surface area contributed by atoms with Gasteiger partial charge in [-0.2, -0.15) is 0 Å². The van der Waals surface area contributed by atoms with Crippen molar-refractivity contribution in [3.8, 4) is 5.75 Å². The average molecular weight is 401 g/mol. The fourth-order valence-corrected chi connectivity index (χ4v) is 4.19. The van der Waals surface area contributed by atoms with E-state index in [2.05, 4.69) is 21.2 Å². The van der Waals surface area contributed by atoms with E-state index in [1.54, 1.807) is 23.1 Å². The lowest BCUT2D eigenvalue weighted by atomic mass is 9.73. The topological polar surface area (TPSA) is 69.6 Å². The molecule has 0 bridgehead atoms. The van der Waals surface area contributed by atoms with Crippen LogP contribution >= 0.6 is 15.9 Å². The Labute approximate surface area is 153 Å². The van der Waals surface area contributed by atoms with Gasteiger partial charge in [0.2, 0.25) is 5.91 Å². The number of phenolic OH excluding ortho intramolecular Hbond substituents is 1. The maximum absolute atomic E-state index is 12.7. The number of benzene rings is 2. The molecule has 1 fully saturated rings. The van der Waals surface area contributed by atoms with E-state index in [1.807, 2.05) is 24.3 Å². The van der Waals surface area contributed by atoms with E-state index in [0.29, 0.717) is 30.4 Å². The quantitative estimate of drug-likeness (QED) is 0.771. The number of carbonyl (C=O) groups is 2. The molecule has 2 aliphatic heterocycles. The van der Waals surface area contributed by atoms with Crippen LogP contribution in [0.1, 0.15) is 28.8 Å². The summed E-state index contributed by atoms with van der Waals surface area (Å²) in [4.78, 5) is 27.0. The first-order chi connectivity index (χ1) is 12.0. The molecular weight excluding hydrogens is 384 g/mol. The van der Waals surface area contributed by atoms with E-state index >= 15 is 0 Å². The average Bonchev–Trinajstić information content (AvgIpc) is 2.89. The summed E-state index contributed by atoms with van der Waals surface area (Å²) in [5.41, 5.74) is 1.63. The van der Waals surface area contributed by atoms with Crippen LogP contribution in [-0.2, 0) is 10.2 Å². The van der Waals surface area contributed by atoms with E-state index in [1.165, 1.54) is 0 Å². The number of likely N-dealkylation sites (tertiary alicyclic amines) is 1. The zero-order valence-corrected chi connectivity index (χ0v) is 15.0. The smallest absolute Gasteiger partial charge is 0.257 e. The van der Waals surface area contributed by atoms with Crippen molar-refractivity contribution in [3.05, 3.63) is 58.1 Å². The molecule has 6 heteroatoms. The molecule has 4 rings (SSSR count). The van der Waals surface area contributed by atoms with Crippen LogP contribution < -0.4 is 5.32 Å². The Bertz CT molecular complexity index is 873. The first-order valence-electron chi connectivity index (χ1n) is 8.21. The Morgan fingerprint density at radius 2 is 1.84 bits per heavy atom. The van der Waals surface area contributed by atoms with Crippen LogP contribution in [0.4, 0.5) is 5.69 Å². The van der Waals surface area contributed by atoms with E-state index in [-0.39, 0.29) is 23.1 Å². The molecule has 2 N–H and O–H groups in total. The van der Waals surface area contributed by atoms with Crippen LogP contribution in [0.15, 0.2) is 46.9 Å². The Morgan fingerprint density at radius 3 is 2.60 bits per heavy atom. The van der Waals surface area contributed by atoms with Gasteiger partial charge in [-0.15, -0.1) is 0 Å². The number of hydrogen-bond acceptors (Lipinski definition) is 3. The molecule has 1 spiro atoms. The number of carbonyl (C=O) groups excluding carboxylic acids is 2. The third-order valence-electron chi connectivity index (χ3n) is 5.25. The zero-order chi connectivity index (χ0) is 17.6. The minimum atomic E-state index is -0.549. The molecule has 2 aliphatic rings. The van der Waals surface area contributed by atoms with Gasteiger partial charge in [0.1, 0.15) is 5.75 Å². The minimum absolute atomic E-state index is 0.0195. The van der Waals surface area contributed by atoms with Gasteiger partial charge in [0.15, 0.2) is 0 Å². The second-order valence-corrected chi connectivity index (χ2v) is 7.36. The monoisotopic (exact) mass is 400 g/mol. The summed E-state index contributed by atoms with van der Waals surface area (Å²) in [6, 6.07) is 12.8. The number of amides is 2. The van der Waals surface area contributed by atoms with Crippen molar-refractivity contribution in [2.75, 3.05) is 18.4 Å². The number of piperidine rings is 1. The lowest BCUT2D eigenvalue weighted by Gasteiger charge is -2.38. The number of anilines is 1. The molecule has 5 nitrogen and oxygen atoms in total. The van der Waals surface area contributed by atoms with Gasteiger partial charge in [0.25, 0.3) is 5.91 Å². The van der Waals surface area contributed by atoms with Gasteiger partial charge in [0.05, 0.1) is 15.5 Å². The molecule has 2 aromatic rings. The van der Waals surface area contributed by atoms with Crippen molar-refractivity contribution in [3.63, 3.8) is 0 Å². The summed E-state index contributed by atoms with van der Waals surface area (Å²) in [6.45, 7) is 0.957. The second kappa shape index (κ2) is 5.88. The molecule has 2 amide bonds. The maximum atomic E-state index is 12.7. The highest BCUT2D eigenvalue weighted by Gasteiger charge is 2.48. The second-order valence-electron chi connectivity index (χ2n) is 6.51. The lowest BCUT2D eigenvalue weighted by molar-refractivity contribution is -0.122. The summed E-state index contributed by atoms with van der Waals surface area (Å²) in [5, 5.41) is 13.1. The van der Waals surface area contributed by atoms with Crippen molar-refractivity contribution in [1.82, 2.24) is 4.90 Å². The number of hydrogen-bond donors (Lipinski definition) is 2. The van der Waals surface area contributed by atoms with Gasteiger partial charge in [-0.3, -0.25) is 9.59 Å². The fourth-order valence-electron chi connectivity index (χ4n) is 3.82. The standard InChI is InChI=1S/C19H17BrN2O3/c20-14-6-3-4-12(16(14)23)17(24)22-10-8-19(9-11-22)13-5-1-2-7-15(13)21-18(19)25/h1-7,23H,8-11H2,(H,21,25). The van der Waals surface area contributed by atoms with Crippen molar-refractivity contribution in [1.29, 1.82) is 0 Å². The summed E-state index contributed by atoms with van der Waals surface area (Å²) in [5.74, 6) is -0.233. The summed E-state index contributed by atoms with van der Waals surface area (Å²) in [7, 11) is 0. The van der Waals surface area contributed by atoms with Crippen LogP contribution in [-0.4, -0.2) is 34.9 Å². The van der Waals surface area contributed by atoms with Crippen LogP contribution in [0.3, 0.4) is 0 Å². The highest BCUT2D eigenvalue weighted by molar-refractivity contribution is 9.10. The van der Waals surface area contributed by atoms with Crippen LogP contribution in [0, 0.1) is 0 Å². The first kappa shape index (κ1) is 16.1. The van der Waals surface area contributed by atoms with E-state index in [9.17, 15) is 14.7 Å². The van der Waals surface area contributed by atoms with Gasteiger partial charge >= 0.3 is 0 Å². The molecule has 0 aromatic heterocycles. The third kappa shape index (κ3) is 2.43. The van der Waals surface area contributed by atoms with Gasteiger partial charge in [-0.05, 0) is 52.5 Å². The predicted octanol–water partition coefficient (Wildman–Crippen LogP) is 3.28. The lowest BCUT2D eigenvalue weighted by Crippen LogP contribution is -2.48. The molecule has 2 heterocycles. The third-order valence-corrected chi connectivity index (χ3v) is 5.89. The predicted molar refractivity (Wildman–Crippen MR) is 97.7 cm³/mol. The SMILES string of the molecule is O=C(c1cccc(Br)c1O)N1CCC2(CC1)C(=O)Nc1ccccc12. The van der Waals surface area contributed by atoms with E-state index in [0.717, 1.165) is 11.3 Å². The molecular formula is C19H17BrN2O3. The van der Waals surface area contributed by atoms with Gasteiger partial charge in [-0.25, -0.2) is 0 Å². The maximum Gasteiger partial charge on any atom is 0.257 e. The minimum Gasteiger partial charge on any atom is -0.506 e. The molecule has 2 aromatic carbocycles. The van der Waals surface area contributed by atoms with Crippen molar-refractivity contribution >= 4 is 33.4 Å². The number of rotatable bonds is 1. The van der Waals surface area contributed by atoms with E-state index in [4.69, 9.17) is 0 Å². The number of phenols is 1. The van der Waals surface area contributed by atoms with Gasteiger partial charge < -0.3 is 15.3 Å². The fraction of sp³-hybridized carbons (Fsp3) is 0.263. The Morgan fingerprint density at radius 1 is 1.12 bits per heavy atom. The first-order valence-corrected chi connectivity index (χ1v) is 9.00. The van der Waals surface area contributed by atoms with Crippen molar-refractivity contribution in [2.24, 2.45) is 0 Å². The highest BCUT2D eigenvalue weighted by atomic mass is 79.9. The van der Waals surface area contributed by atoms with Crippen LogP contribution in [0.25, 0.3) is 0 Å². The largest absolute Gasteiger partial charge is 0.506 e. The molecule has 0 aliphatic carbocycles. The van der Waals surface area contributed by atoms with Crippen LogP contribution in [0.2, 0.25) is 0 Å². The number of aromatic hydroxyl groups is 1. The molecule has 0 radical (unpaired) electrons. The Hall–Kier alpha value is -2.34. The summed E-state index contributed by atoms with van der Waals surface area (Å²) in [6.07, 6.45) is 1.16. The molecule has 0 atom stereocenters. The van der Waals surface area contributed by atoms with E-state index < -0.39 is 5.41 Å². The highest BCUT2D eigenvalue weighted by Crippen LogP contribution is 2.45. The zero-order valence-electron chi connectivity index (χ0n) is 13.5. The molecule has 128 valence electrons. The van der Waals surface area contributed by atoms with Crippen molar-refractivity contribution < 1.29 is 14.7 Å². The van der Waals surface area contributed by atoms with Crippen molar-refractivity contribution in [2.45, 2.75) is 18.3 Å². The summed E-state index contributed by atoms with van der Waals surface area (Å²) < 4.78 is 0.496. The summed E-state index contributed by atoms with van der Waals surface area (Å²) >= 11 is 3.24. The number of nitrogens with one attached hydrogen (secondary N) is 1. The Balaban J connectivity index is 1.57. The number of para-hydroxylation sites is 2. The normalized spacial score (nSPS) is 18.1. The molecule has 25 heavy (non-hydrogen) atoms. The number of halogens is 1. The molecule has 1 saturated heterocycles. The van der Waals surface area contributed by atoms with Crippen LogP contribution in [0.5, 0.6) is 5.75 Å². The molecule has 0 unspecified atom stereocenters. The number of nitrogens with zero attached hydrogens (tertiary/aromatic N) is 1.